The van der Waals surface area contributed by atoms with Crippen LogP contribution in [0.2, 0.25) is 5.02 Å². The third-order valence-corrected chi connectivity index (χ3v) is 4.00. The Morgan fingerprint density at radius 1 is 1.38 bits per heavy atom. The second-order valence-corrected chi connectivity index (χ2v) is 5.72. The van der Waals surface area contributed by atoms with E-state index in [0.717, 1.165) is 4.47 Å². The van der Waals surface area contributed by atoms with Gasteiger partial charge in [-0.3, -0.25) is 4.79 Å². The highest BCUT2D eigenvalue weighted by atomic mass is 79.9. The Kier molecular flexibility index (Phi) is 4.04. The number of Topliss-reactive ketones (excluding diaryl/α,β-unsaturated/α-hetero) is 1. The van der Waals surface area contributed by atoms with Gasteiger partial charge in [-0.2, -0.15) is 0 Å². The molecule has 0 heterocycles. The van der Waals surface area contributed by atoms with Gasteiger partial charge in [-0.15, -0.1) is 0 Å². The van der Waals surface area contributed by atoms with Crippen molar-refractivity contribution in [2.24, 2.45) is 5.92 Å². The molecule has 1 saturated carbocycles. The molecule has 3 heteroatoms. The van der Waals surface area contributed by atoms with E-state index in [2.05, 4.69) is 15.9 Å². The van der Waals surface area contributed by atoms with Crippen LogP contribution in [0.15, 0.2) is 22.7 Å². The zero-order valence-corrected chi connectivity index (χ0v) is 11.4. The van der Waals surface area contributed by atoms with Gasteiger partial charge in [-0.05, 0) is 24.1 Å². The van der Waals surface area contributed by atoms with Crippen LogP contribution in [-0.4, -0.2) is 5.78 Å². The number of halogens is 2. The summed E-state index contributed by atoms with van der Waals surface area (Å²) in [7, 11) is 0. The molecule has 1 fully saturated rings. The van der Waals surface area contributed by atoms with Crippen molar-refractivity contribution in [2.45, 2.75) is 32.1 Å². The van der Waals surface area contributed by atoms with Crippen LogP contribution < -0.4 is 0 Å². The second-order valence-electron chi connectivity index (χ2n) is 4.40. The summed E-state index contributed by atoms with van der Waals surface area (Å²) in [4.78, 5) is 12.1. The number of carbonyl (C=O) groups is 1. The van der Waals surface area contributed by atoms with E-state index in [-0.39, 0.29) is 5.78 Å². The van der Waals surface area contributed by atoms with Crippen LogP contribution in [0.25, 0.3) is 0 Å². The maximum Gasteiger partial charge on any atom is 0.164 e. The number of benzene rings is 1. The average molecular weight is 302 g/mol. The number of ketones is 1. The lowest BCUT2D eigenvalue weighted by Crippen LogP contribution is -2.06. The first-order valence-corrected chi connectivity index (χ1v) is 6.82. The molecule has 1 aromatic carbocycles. The summed E-state index contributed by atoms with van der Waals surface area (Å²) < 4.78 is 0.909. The smallest absolute Gasteiger partial charge is 0.164 e. The van der Waals surface area contributed by atoms with E-state index in [0.29, 0.717) is 22.9 Å². The minimum absolute atomic E-state index is 0.179. The molecule has 0 unspecified atom stereocenters. The standard InChI is InChI=1S/C13H14BrClO/c14-10-5-6-12(15)11(8-10)13(16)7-9-3-1-2-4-9/h5-6,8-9H,1-4,7H2. The highest BCUT2D eigenvalue weighted by molar-refractivity contribution is 9.10. The summed E-state index contributed by atoms with van der Waals surface area (Å²) in [5.74, 6) is 0.751. The van der Waals surface area contributed by atoms with Crippen molar-refractivity contribution in [3.05, 3.63) is 33.3 Å². The summed E-state index contributed by atoms with van der Waals surface area (Å²) in [5, 5.41) is 0.561. The van der Waals surface area contributed by atoms with Crippen molar-refractivity contribution in [1.82, 2.24) is 0 Å². The van der Waals surface area contributed by atoms with Crippen molar-refractivity contribution in [2.75, 3.05) is 0 Å². The Morgan fingerprint density at radius 3 is 2.75 bits per heavy atom. The highest BCUT2D eigenvalue weighted by Crippen LogP contribution is 2.30. The van der Waals surface area contributed by atoms with Crippen LogP contribution in [0.1, 0.15) is 42.5 Å². The van der Waals surface area contributed by atoms with Gasteiger partial charge >= 0.3 is 0 Å². The highest BCUT2D eigenvalue weighted by Gasteiger charge is 2.20. The van der Waals surface area contributed by atoms with E-state index >= 15 is 0 Å². The molecule has 0 spiro atoms. The molecule has 86 valence electrons. The zero-order valence-electron chi connectivity index (χ0n) is 9.01. The SMILES string of the molecule is O=C(CC1CCCC1)c1cc(Br)ccc1Cl. The van der Waals surface area contributed by atoms with Crippen LogP contribution in [0.5, 0.6) is 0 Å². The zero-order chi connectivity index (χ0) is 11.5. The van der Waals surface area contributed by atoms with Gasteiger partial charge in [-0.25, -0.2) is 0 Å². The summed E-state index contributed by atoms with van der Waals surface area (Å²) >= 11 is 9.40. The van der Waals surface area contributed by atoms with Gasteiger partial charge < -0.3 is 0 Å². The fourth-order valence-corrected chi connectivity index (χ4v) is 2.88. The van der Waals surface area contributed by atoms with Crippen LogP contribution in [0, 0.1) is 5.92 Å². The van der Waals surface area contributed by atoms with Gasteiger partial charge in [0, 0.05) is 16.5 Å². The molecule has 1 aliphatic carbocycles. The molecule has 2 rings (SSSR count). The molecular formula is C13H14BrClO. The fourth-order valence-electron chi connectivity index (χ4n) is 2.30. The van der Waals surface area contributed by atoms with Gasteiger partial charge in [0.25, 0.3) is 0 Å². The Balaban J connectivity index is 2.10. The van der Waals surface area contributed by atoms with Crippen molar-refractivity contribution < 1.29 is 4.79 Å². The van der Waals surface area contributed by atoms with Gasteiger partial charge in [0.05, 0.1) is 5.02 Å². The molecular weight excluding hydrogens is 287 g/mol. The van der Waals surface area contributed by atoms with E-state index in [1.807, 2.05) is 12.1 Å². The summed E-state index contributed by atoms with van der Waals surface area (Å²) in [6.45, 7) is 0. The molecule has 0 radical (unpaired) electrons. The van der Waals surface area contributed by atoms with Crippen LogP contribution in [-0.2, 0) is 0 Å². The molecule has 0 saturated heterocycles. The second kappa shape index (κ2) is 5.33. The molecule has 0 amide bonds. The minimum Gasteiger partial charge on any atom is -0.294 e. The number of carbonyl (C=O) groups excluding carboxylic acids is 1. The van der Waals surface area contributed by atoms with Crippen molar-refractivity contribution in [1.29, 1.82) is 0 Å². The van der Waals surface area contributed by atoms with E-state index in [9.17, 15) is 4.79 Å². The summed E-state index contributed by atoms with van der Waals surface area (Å²) in [6.07, 6.45) is 5.57. The average Bonchev–Trinajstić information content (AvgIpc) is 2.74. The normalized spacial score (nSPS) is 16.6. The molecule has 16 heavy (non-hydrogen) atoms. The molecule has 1 nitrogen and oxygen atoms in total. The molecule has 0 bridgehead atoms. The molecule has 0 aromatic heterocycles. The Labute approximate surface area is 109 Å². The summed E-state index contributed by atoms with van der Waals surface area (Å²) in [6, 6.07) is 5.45. The molecule has 0 aliphatic heterocycles. The fraction of sp³-hybridized carbons (Fsp3) is 0.462. The first-order valence-electron chi connectivity index (χ1n) is 5.65. The van der Waals surface area contributed by atoms with Gasteiger partial charge in [0.15, 0.2) is 5.78 Å². The van der Waals surface area contributed by atoms with Gasteiger partial charge in [0.2, 0.25) is 0 Å². The monoisotopic (exact) mass is 300 g/mol. The number of rotatable bonds is 3. The summed E-state index contributed by atoms with van der Waals surface area (Å²) in [5.41, 5.74) is 0.656. The van der Waals surface area contributed by atoms with Gasteiger partial charge in [-0.1, -0.05) is 53.2 Å². The molecule has 1 aliphatic rings. The van der Waals surface area contributed by atoms with Crippen molar-refractivity contribution >= 4 is 33.3 Å². The molecule has 0 N–H and O–H groups in total. The number of hydrogen-bond acceptors (Lipinski definition) is 1. The third kappa shape index (κ3) is 2.86. The largest absolute Gasteiger partial charge is 0.294 e. The predicted octanol–water partition coefficient (Wildman–Crippen LogP) is 4.87. The molecule has 0 atom stereocenters. The van der Waals surface area contributed by atoms with E-state index in [4.69, 9.17) is 11.6 Å². The Bertz CT molecular complexity index is 397. The Hall–Kier alpha value is -0.340. The van der Waals surface area contributed by atoms with Gasteiger partial charge in [0.1, 0.15) is 0 Å². The Morgan fingerprint density at radius 2 is 2.06 bits per heavy atom. The maximum absolute atomic E-state index is 12.1. The lowest BCUT2D eigenvalue weighted by Gasteiger charge is -2.09. The van der Waals surface area contributed by atoms with Crippen LogP contribution in [0.4, 0.5) is 0 Å². The lowest BCUT2D eigenvalue weighted by molar-refractivity contribution is 0.0962. The third-order valence-electron chi connectivity index (χ3n) is 3.18. The van der Waals surface area contributed by atoms with Crippen LogP contribution in [0.3, 0.4) is 0 Å². The van der Waals surface area contributed by atoms with Crippen molar-refractivity contribution in [3.8, 4) is 0 Å². The minimum atomic E-state index is 0.179. The van der Waals surface area contributed by atoms with E-state index < -0.39 is 0 Å². The lowest BCUT2D eigenvalue weighted by atomic mass is 9.97. The van der Waals surface area contributed by atoms with E-state index in [1.54, 1.807) is 6.07 Å². The van der Waals surface area contributed by atoms with Crippen LogP contribution >= 0.6 is 27.5 Å². The first-order chi connectivity index (χ1) is 7.66. The van der Waals surface area contributed by atoms with Crippen molar-refractivity contribution in [3.63, 3.8) is 0 Å². The first kappa shape index (κ1) is 12.1. The predicted molar refractivity (Wildman–Crippen MR) is 70.1 cm³/mol. The maximum atomic E-state index is 12.1. The quantitative estimate of drug-likeness (QED) is 0.728. The topological polar surface area (TPSA) is 17.1 Å². The molecule has 1 aromatic rings. The number of hydrogen-bond donors (Lipinski definition) is 0. The van der Waals surface area contributed by atoms with E-state index in [1.165, 1.54) is 25.7 Å².